The highest BCUT2D eigenvalue weighted by Gasteiger charge is 2.21. The fraction of sp³-hybridized carbons (Fsp3) is 0.378. The Kier molecular flexibility index (Phi) is 13.6. The molecule has 3 heterocycles. The summed E-state index contributed by atoms with van der Waals surface area (Å²) < 4.78 is 34.1. The summed E-state index contributed by atoms with van der Waals surface area (Å²) in [7, 11) is 8.14. The van der Waals surface area contributed by atoms with Crippen LogP contribution < -0.4 is 29.7 Å². The molecule has 0 unspecified atom stereocenters. The second-order valence-corrected chi connectivity index (χ2v) is 13.0. The number of carbonyl (C=O) groups is 1. The van der Waals surface area contributed by atoms with Crippen LogP contribution in [0.2, 0.25) is 5.02 Å². The first kappa shape index (κ1) is 39.8. The molecule has 6 rings (SSSR count). The van der Waals surface area contributed by atoms with Crippen molar-refractivity contribution < 1.29 is 33.1 Å². The number of non-ortho nitro benzene ring substituents is 1. The van der Waals surface area contributed by atoms with Gasteiger partial charge in [-0.25, -0.2) is 9.37 Å². The Bertz CT molecular complexity index is 1950. The molecule has 1 saturated heterocycles. The molecular weight excluding hydrogens is 723 g/mol. The van der Waals surface area contributed by atoms with Gasteiger partial charge in [0, 0.05) is 58.1 Å². The molecule has 17 heteroatoms. The number of ether oxygens (including phenoxy) is 4. The fourth-order valence-electron chi connectivity index (χ4n) is 5.91. The van der Waals surface area contributed by atoms with Crippen LogP contribution in [0.3, 0.4) is 0 Å². The van der Waals surface area contributed by atoms with Crippen LogP contribution in [0.15, 0.2) is 54.7 Å². The van der Waals surface area contributed by atoms with Crippen LogP contribution in [0.25, 0.3) is 0 Å². The topological polar surface area (TPSA) is 157 Å². The summed E-state index contributed by atoms with van der Waals surface area (Å²) >= 11 is 6.49. The molecule has 0 saturated carbocycles. The molecule has 2 aliphatic rings. The third-order valence-corrected chi connectivity index (χ3v) is 9.18. The van der Waals surface area contributed by atoms with Gasteiger partial charge < -0.3 is 39.4 Å². The summed E-state index contributed by atoms with van der Waals surface area (Å²) in [5, 5.41) is 17.2. The Labute approximate surface area is 318 Å². The standard InChI is InChI=1S/C30H38ClN7O4.C7H6FNO3/c1-36(2)28(39)19-37-9-7-20-15-24(26(40-3)16-21(20)8-10-37)34-30-32-18-23(31)29(35-30)33-22-5-6-25(27(17-22)41-4)38-11-13-42-14-12-38;1-12-7-4-5(9(10)11)2-3-6(7)8/h5-6,15-18H,7-14,19H2,1-4H3,(H2,32,33,34,35);2-4H,1H3. The first-order chi connectivity index (χ1) is 26.0. The van der Waals surface area contributed by atoms with E-state index in [4.69, 9.17) is 25.8 Å². The summed E-state index contributed by atoms with van der Waals surface area (Å²) in [6.07, 6.45) is 3.23. The van der Waals surface area contributed by atoms with Gasteiger partial charge >= 0.3 is 0 Å². The molecule has 0 aliphatic carbocycles. The van der Waals surface area contributed by atoms with Crippen LogP contribution in [0, 0.1) is 15.9 Å². The summed E-state index contributed by atoms with van der Waals surface area (Å²) in [6, 6.07) is 13.2. The van der Waals surface area contributed by atoms with E-state index in [0.717, 1.165) is 80.0 Å². The highest BCUT2D eigenvalue weighted by atomic mass is 35.5. The number of halogens is 2. The number of morpholine rings is 1. The molecule has 0 bridgehead atoms. The number of fused-ring (bicyclic) bond motifs is 1. The molecule has 2 aliphatic heterocycles. The Morgan fingerprint density at radius 2 is 1.63 bits per heavy atom. The molecular formula is C37H44ClFN8O7. The van der Waals surface area contributed by atoms with Gasteiger partial charge in [-0.2, -0.15) is 4.98 Å². The van der Waals surface area contributed by atoms with Crippen LogP contribution in [0.4, 0.5) is 38.9 Å². The molecule has 3 aromatic carbocycles. The van der Waals surface area contributed by atoms with Crippen LogP contribution in [-0.4, -0.2) is 112 Å². The monoisotopic (exact) mass is 766 g/mol. The van der Waals surface area contributed by atoms with E-state index >= 15 is 0 Å². The normalized spacial score (nSPS) is 14.1. The average molecular weight is 767 g/mol. The van der Waals surface area contributed by atoms with Crippen molar-refractivity contribution in [3.8, 4) is 17.2 Å². The number of hydrogen-bond acceptors (Lipinski definition) is 13. The highest BCUT2D eigenvalue weighted by Crippen LogP contribution is 2.35. The smallest absolute Gasteiger partial charge is 0.273 e. The maximum absolute atomic E-state index is 12.7. The van der Waals surface area contributed by atoms with Crippen molar-refractivity contribution in [2.45, 2.75) is 12.8 Å². The lowest BCUT2D eigenvalue weighted by Gasteiger charge is -2.30. The molecule has 0 spiro atoms. The van der Waals surface area contributed by atoms with E-state index in [9.17, 15) is 19.3 Å². The molecule has 1 amide bonds. The first-order valence-corrected chi connectivity index (χ1v) is 17.5. The minimum absolute atomic E-state index is 0.108. The molecule has 0 radical (unpaired) electrons. The number of rotatable bonds is 11. The van der Waals surface area contributed by atoms with Crippen LogP contribution in [0.5, 0.6) is 17.2 Å². The van der Waals surface area contributed by atoms with Gasteiger partial charge in [0.2, 0.25) is 11.9 Å². The van der Waals surface area contributed by atoms with Gasteiger partial charge in [0.1, 0.15) is 16.5 Å². The number of benzene rings is 3. The second-order valence-electron chi connectivity index (χ2n) is 12.6. The Morgan fingerprint density at radius 3 is 2.28 bits per heavy atom. The Morgan fingerprint density at radius 1 is 0.944 bits per heavy atom. The number of aromatic nitrogens is 2. The van der Waals surface area contributed by atoms with Gasteiger partial charge in [-0.05, 0) is 54.3 Å². The molecule has 54 heavy (non-hydrogen) atoms. The highest BCUT2D eigenvalue weighted by molar-refractivity contribution is 6.32. The number of nitro groups is 1. The minimum atomic E-state index is -0.609. The van der Waals surface area contributed by atoms with E-state index in [-0.39, 0.29) is 17.3 Å². The number of methoxy groups -OCH3 is 3. The van der Waals surface area contributed by atoms with Gasteiger partial charge in [-0.15, -0.1) is 0 Å². The third kappa shape index (κ3) is 10.1. The number of hydrogen-bond donors (Lipinski definition) is 2. The number of likely N-dealkylation sites (N-methyl/N-ethyl adjacent to an activating group) is 1. The van der Waals surface area contributed by atoms with Crippen molar-refractivity contribution in [3.05, 3.63) is 86.8 Å². The largest absolute Gasteiger partial charge is 0.495 e. The van der Waals surface area contributed by atoms with E-state index in [1.165, 1.54) is 18.2 Å². The summed E-state index contributed by atoms with van der Waals surface area (Å²) in [6.45, 7) is 5.06. The molecule has 0 atom stereocenters. The summed E-state index contributed by atoms with van der Waals surface area (Å²) in [4.78, 5) is 37.0. The number of nitrogens with one attached hydrogen (secondary N) is 2. The van der Waals surface area contributed by atoms with E-state index in [1.54, 1.807) is 39.4 Å². The molecule has 15 nitrogen and oxygen atoms in total. The zero-order valence-corrected chi connectivity index (χ0v) is 31.6. The van der Waals surface area contributed by atoms with Crippen LogP contribution in [0.1, 0.15) is 11.1 Å². The summed E-state index contributed by atoms with van der Waals surface area (Å²) in [5.41, 5.74) is 4.80. The Balaban J connectivity index is 0.000000398. The second kappa shape index (κ2) is 18.5. The lowest BCUT2D eigenvalue weighted by molar-refractivity contribution is -0.385. The number of nitrogens with zero attached hydrogens (tertiary/aromatic N) is 6. The van der Waals surface area contributed by atoms with E-state index in [2.05, 4.69) is 47.3 Å². The van der Waals surface area contributed by atoms with Gasteiger partial charge in [-0.3, -0.25) is 19.8 Å². The number of amides is 1. The zero-order valence-electron chi connectivity index (χ0n) is 30.9. The van der Waals surface area contributed by atoms with E-state index in [1.807, 2.05) is 18.2 Å². The van der Waals surface area contributed by atoms with E-state index < -0.39 is 10.7 Å². The minimum Gasteiger partial charge on any atom is -0.495 e. The predicted molar refractivity (Wildman–Crippen MR) is 205 cm³/mol. The lowest BCUT2D eigenvalue weighted by Crippen LogP contribution is -2.37. The third-order valence-electron chi connectivity index (χ3n) is 8.90. The van der Waals surface area contributed by atoms with Crippen molar-refractivity contribution in [3.63, 3.8) is 0 Å². The van der Waals surface area contributed by atoms with Crippen molar-refractivity contribution in [1.29, 1.82) is 0 Å². The average Bonchev–Trinajstić information content (AvgIpc) is 3.37. The molecule has 1 aromatic heterocycles. The maximum atomic E-state index is 12.7. The van der Waals surface area contributed by atoms with E-state index in [0.29, 0.717) is 42.3 Å². The van der Waals surface area contributed by atoms with Crippen molar-refractivity contribution >= 4 is 52.0 Å². The molecule has 288 valence electrons. The van der Waals surface area contributed by atoms with Crippen molar-refractivity contribution in [2.75, 3.05) is 96.9 Å². The Hall–Kier alpha value is -5.45. The van der Waals surface area contributed by atoms with Gasteiger partial charge in [0.15, 0.2) is 17.4 Å². The van der Waals surface area contributed by atoms with Gasteiger partial charge in [-0.1, -0.05) is 11.6 Å². The number of anilines is 5. The van der Waals surface area contributed by atoms with Gasteiger partial charge in [0.05, 0.1) is 69.6 Å². The maximum Gasteiger partial charge on any atom is 0.273 e. The quantitative estimate of drug-likeness (QED) is 0.142. The van der Waals surface area contributed by atoms with Crippen LogP contribution in [-0.2, 0) is 22.4 Å². The van der Waals surface area contributed by atoms with Crippen molar-refractivity contribution in [2.24, 2.45) is 0 Å². The molecule has 4 aromatic rings. The number of carbonyl (C=O) groups excluding carboxylic acids is 1. The van der Waals surface area contributed by atoms with Crippen molar-refractivity contribution in [1.82, 2.24) is 19.8 Å². The fourth-order valence-corrected chi connectivity index (χ4v) is 6.05. The lowest BCUT2D eigenvalue weighted by atomic mass is 10.0. The first-order valence-electron chi connectivity index (χ1n) is 17.2. The molecule has 2 N–H and O–H groups in total. The number of nitro benzene ring substituents is 1. The SMILES string of the molecule is COc1cc([N+](=O)[O-])ccc1F.COc1cc2c(cc1Nc1ncc(Cl)c(Nc3ccc(N4CCOCC4)c(OC)c3)n1)CCN(CC(=O)N(C)C)CC2. The summed E-state index contributed by atoms with van der Waals surface area (Å²) in [5.74, 6) is 1.67. The zero-order chi connectivity index (χ0) is 38.8. The van der Waals surface area contributed by atoms with Crippen LogP contribution >= 0.6 is 11.6 Å². The molecule has 1 fully saturated rings. The predicted octanol–water partition coefficient (Wildman–Crippen LogP) is 5.70. The van der Waals surface area contributed by atoms with Gasteiger partial charge in [0.25, 0.3) is 5.69 Å².